The number of oxime groups is 1. The van der Waals surface area contributed by atoms with Gasteiger partial charge in [-0.3, -0.25) is 5.41 Å². The van der Waals surface area contributed by atoms with Crippen molar-refractivity contribution in [1.29, 1.82) is 5.41 Å². The molecule has 0 unspecified atom stereocenters. The maximum absolute atomic E-state index is 12.8. The SMILES string of the molecule is CCCC/C=C(\CSc1ccc(/C(N)=N/O)cc1)SC(=N)c1ccc(C(F)(F)F)cc1. The first-order valence-corrected chi connectivity index (χ1v) is 11.4. The fourth-order valence-corrected chi connectivity index (χ4v) is 4.42. The van der Waals surface area contributed by atoms with Crippen LogP contribution in [0.1, 0.15) is 42.9 Å². The summed E-state index contributed by atoms with van der Waals surface area (Å²) in [6.45, 7) is 2.10. The normalized spacial score (nSPS) is 12.8. The second kappa shape index (κ2) is 11.9. The zero-order chi connectivity index (χ0) is 22.9. The Labute approximate surface area is 188 Å². The molecule has 31 heavy (non-hydrogen) atoms. The summed E-state index contributed by atoms with van der Waals surface area (Å²) in [5, 5.41) is 20.2. The minimum absolute atomic E-state index is 0.0391. The summed E-state index contributed by atoms with van der Waals surface area (Å²) in [5.41, 5.74) is 5.92. The number of rotatable bonds is 9. The summed E-state index contributed by atoms with van der Waals surface area (Å²) in [5.74, 6) is 0.664. The molecular weight excluding hydrogens is 443 g/mol. The number of thioether (sulfide) groups is 2. The lowest BCUT2D eigenvalue weighted by Crippen LogP contribution is -2.12. The standard InChI is InChI=1S/C22H24F3N3OS2/c1-2-3-4-5-19(14-30-18-12-8-15(9-13-18)20(26)28-29)31-21(27)16-6-10-17(11-7-16)22(23,24)25/h5-13,27,29H,2-4,14H2,1H3,(H2,26,28)/b19-5+,27-21?. The molecule has 0 heterocycles. The van der Waals surface area contributed by atoms with Crippen LogP contribution in [0, 0.1) is 5.41 Å². The molecule has 2 rings (SSSR count). The van der Waals surface area contributed by atoms with Crippen molar-refractivity contribution in [3.05, 3.63) is 76.2 Å². The highest BCUT2D eigenvalue weighted by Crippen LogP contribution is 2.32. The van der Waals surface area contributed by atoms with Gasteiger partial charge in [-0.2, -0.15) is 13.2 Å². The maximum atomic E-state index is 12.8. The highest BCUT2D eigenvalue weighted by atomic mass is 32.2. The number of amidine groups is 1. The summed E-state index contributed by atoms with van der Waals surface area (Å²) < 4.78 is 38.3. The Kier molecular flexibility index (Phi) is 9.51. The molecule has 0 aliphatic carbocycles. The highest BCUT2D eigenvalue weighted by molar-refractivity contribution is 8.18. The van der Waals surface area contributed by atoms with Crippen LogP contribution in [0.25, 0.3) is 0 Å². The zero-order valence-corrected chi connectivity index (χ0v) is 18.6. The first-order valence-electron chi connectivity index (χ1n) is 9.58. The number of hydrogen-bond donors (Lipinski definition) is 3. The number of alkyl halides is 3. The lowest BCUT2D eigenvalue weighted by Gasteiger charge is -2.11. The first kappa shape index (κ1) is 24.9. The third-order valence-electron chi connectivity index (χ3n) is 4.28. The van der Waals surface area contributed by atoms with Crippen molar-refractivity contribution in [2.45, 2.75) is 37.3 Å². The lowest BCUT2D eigenvalue weighted by atomic mass is 10.1. The van der Waals surface area contributed by atoms with E-state index in [1.54, 1.807) is 23.9 Å². The van der Waals surface area contributed by atoms with Crippen LogP contribution in [0.4, 0.5) is 13.2 Å². The van der Waals surface area contributed by atoms with Crippen LogP contribution in [0.3, 0.4) is 0 Å². The minimum atomic E-state index is -4.39. The second-order valence-electron chi connectivity index (χ2n) is 6.62. The number of nitrogens with zero attached hydrogens (tertiary/aromatic N) is 1. The van der Waals surface area contributed by atoms with Gasteiger partial charge in [0.15, 0.2) is 5.84 Å². The van der Waals surface area contributed by atoms with E-state index in [4.69, 9.17) is 16.4 Å². The van der Waals surface area contributed by atoms with E-state index in [1.807, 2.05) is 12.1 Å². The molecule has 0 aliphatic rings. The van der Waals surface area contributed by atoms with Gasteiger partial charge >= 0.3 is 6.18 Å². The molecule has 2 aromatic carbocycles. The smallest absolute Gasteiger partial charge is 0.409 e. The van der Waals surface area contributed by atoms with Crippen LogP contribution in [-0.4, -0.2) is 21.8 Å². The lowest BCUT2D eigenvalue weighted by molar-refractivity contribution is -0.137. The predicted octanol–water partition coefficient (Wildman–Crippen LogP) is 6.72. The van der Waals surface area contributed by atoms with Crippen LogP contribution in [0.5, 0.6) is 0 Å². The van der Waals surface area contributed by atoms with E-state index in [0.717, 1.165) is 41.2 Å². The largest absolute Gasteiger partial charge is 0.416 e. The molecule has 4 nitrogen and oxygen atoms in total. The summed E-state index contributed by atoms with van der Waals surface area (Å²) in [7, 11) is 0. The molecule has 0 aromatic heterocycles. The van der Waals surface area contributed by atoms with E-state index in [9.17, 15) is 13.2 Å². The Morgan fingerprint density at radius 1 is 1.10 bits per heavy atom. The monoisotopic (exact) mass is 467 g/mol. The molecule has 0 atom stereocenters. The third kappa shape index (κ3) is 7.99. The van der Waals surface area contributed by atoms with Gasteiger partial charge in [-0.15, -0.1) is 11.8 Å². The van der Waals surface area contributed by atoms with Crippen LogP contribution in [-0.2, 0) is 6.18 Å². The van der Waals surface area contributed by atoms with Gasteiger partial charge in [-0.25, -0.2) is 0 Å². The van der Waals surface area contributed by atoms with Crippen molar-refractivity contribution in [3.8, 4) is 0 Å². The molecule has 9 heteroatoms. The third-order valence-corrected chi connectivity index (χ3v) is 6.53. The fraction of sp³-hybridized carbons (Fsp3) is 0.273. The molecule has 0 saturated carbocycles. The molecule has 0 radical (unpaired) electrons. The molecule has 4 N–H and O–H groups in total. The number of hydrogen-bond acceptors (Lipinski definition) is 5. The van der Waals surface area contributed by atoms with Gasteiger partial charge in [0.25, 0.3) is 0 Å². The molecule has 166 valence electrons. The van der Waals surface area contributed by atoms with Crippen molar-refractivity contribution >= 4 is 34.4 Å². The van der Waals surface area contributed by atoms with Gasteiger partial charge < -0.3 is 10.9 Å². The van der Waals surface area contributed by atoms with Crippen LogP contribution in [0.2, 0.25) is 0 Å². The van der Waals surface area contributed by atoms with E-state index in [-0.39, 0.29) is 10.9 Å². The predicted molar refractivity (Wildman–Crippen MR) is 123 cm³/mol. The van der Waals surface area contributed by atoms with E-state index in [0.29, 0.717) is 16.9 Å². The highest BCUT2D eigenvalue weighted by Gasteiger charge is 2.30. The van der Waals surface area contributed by atoms with Crippen LogP contribution < -0.4 is 5.73 Å². The van der Waals surface area contributed by atoms with Gasteiger partial charge in [0.1, 0.15) is 0 Å². The Morgan fingerprint density at radius 2 is 1.71 bits per heavy atom. The van der Waals surface area contributed by atoms with Gasteiger partial charge in [0.2, 0.25) is 0 Å². The van der Waals surface area contributed by atoms with Crippen molar-refractivity contribution in [2.75, 3.05) is 5.75 Å². The van der Waals surface area contributed by atoms with Crippen LogP contribution >= 0.6 is 23.5 Å². The van der Waals surface area contributed by atoms with Gasteiger partial charge in [0, 0.05) is 21.8 Å². The topological polar surface area (TPSA) is 82.5 Å². The summed E-state index contributed by atoms with van der Waals surface area (Å²) in [6, 6.07) is 11.9. The first-order chi connectivity index (χ1) is 14.7. The molecule has 0 aliphatic heterocycles. The molecule has 0 spiro atoms. The second-order valence-corrected chi connectivity index (χ2v) is 8.80. The van der Waals surface area contributed by atoms with E-state index in [2.05, 4.69) is 18.2 Å². The Bertz CT molecular complexity index is 925. The number of unbranched alkanes of at least 4 members (excludes halogenated alkanes) is 2. The number of allylic oxidation sites excluding steroid dienone is 1. The Balaban J connectivity index is 2.06. The fourth-order valence-electron chi connectivity index (χ4n) is 2.53. The van der Waals surface area contributed by atoms with E-state index < -0.39 is 11.7 Å². The molecular formula is C22H24F3N3OS2. The summed E-state index contributed by atoms with van der Waals surface area (Å²) in [4.78, 5) is 1.96. The average Bonchev–Trinajstić information content (AvgIpc) is 2.76. The maximum Gasteiger partial charge on any atom is 0.416 e. The van der Waals surface area contributed by atoms with Crippen molar-refractivity contribution in [2.24, 2.45) is 10.9 Å². The molecule has 0 amide bonds. The summed E-state index contributed by atoms with van der Waals surface area (Å²) >= 11 is 2.84. The molecule has 0 bridgehead atoms. The molecule has 0 fully saturated rings. The van der Waals surface area contributed by atoms with Crippen molar-refractivity contribution in [1.82, 2.24) is 0 Å². The van der Waals surface area contributed by atoms with Gasteiger partial charge in [-0.1, -0.05) is 67.0 Å². The number of benzene rings is 2. The van der Waals surface area contributed by atoms with Crippen molar-refractivity contribution < 1.29 is 18.4 Å². The average molecular weight is 468 g/mol. The summed E-state index contributed by atoms with van der Waals surface area (Å²) in [6.07, 6.45) is 0.649. The Morgan fingerprint density at radius 3 is 2.26 bits per heavy atom. The van der Waals surface area contributed by atoms with Crippen molar-refractivity contribution in [3.63, 3.8) is 0 Å². The van der Waals surface area contributed by atoms with E-state index >= 15 is 0 Å². The number of nitrogens with one attached hydrogen (secondary N) is 1. The molecule has 0 saturated heterocycles. The number of halogens is 3. The number of nitrogens with two attached hydrogens (primary N) is 1. The Hall–Kier alpha value is -2.39. The minimum Gasteiger partial charge on any atom is -0.409 e. The van der Waals surface area contributed by atoms with Gasteiger partial charge in [0.05, 0.1) is 10.6 Å². The quantitative estimate of drug-likeness (QED) is 0.0954. The van der Waals surface area contributed by atoms with Gasteiger partial charge in [-0.05, 0) is 35.6 Å². The molecule has 2 aromatic rings. The zero-order valence-electron chi connectivity index (χ0n) is 16.9. The van der Waals surface area contributed by atoms with E-state index in [1.165, 1.54) is 23.9 Å². The van der Waals surface area contributed by atoms with Crippen LogP contribution in [0.15, 0.2) is 69.6 Å².